The average molecular weight is 203 g/mol. The van der Waals surface area contributed by atoms with Crippen LogP contribution in [-0.4, -0.2) is 29.5 Å². The number of nitrogens with two attached hydrogens (primary N) is 1. The Bertz CT molecular complexity index is 441. The summed E-state index contributed by atoms with van der Waals surface area (Å²) in [6, 6.07) is 1.02. The molecule has 0 amide bonds. The Hall–Kier alpha value is -1.54. The first-order chi connectivity index (χ1) is 5.91. The SMILES string of the molecule is NS(=O)(=O)c1ccnc(C(=O)O)n1. The molecule has 0 saturated heterocycles. The molecule has 7 nitrogen and oxygen atoms in total. The quantitative estimate of drug-likeness (QED) is 0.583. The first kappa shape index (κ1) is 9.55. The van der Waals surface area contributed by atoms with Gasteiger partial charge in [0.25, 0.3) is 10.0 Å². The molecule has 0 aliphatic heterocycles. The van der Waals surface area contributed by atoms with Crippen molar-refractivity contribution in [1.82, 2.24) is 9.97 Å². The predicted octanol–water partition coefficient (Wildman–Crippen LogP) is -1.18. The first-order valence-corrected chi connectivity index (χ1v) is 4.55. The highest BCUT2D eigenvalue weighted by atomic mass is 32.2. The molecule has 0 aliphatic carbocycles. The maximum absolute atomic E-state index is 10.7. The van der Waals surface area contributed by atoms with Crippen LogP contribution in [0.15, 0.2) is 17.3 Å². The van der Waals surface area contributed by atoms with E-state index in [0.717, 1.165) is 12.3 Å². The van der Waals surface area contributed by atoms with E-state index in [2.05, 4.69) is 9.97 Å². The average Bonchev–Trinajstić information content (AvgIpc) is 2.03. The van der Waals surface area contributed by atoms with Crippen molar-refractivity contribution < 1.29 is 18.3 Å². The predicted molar refractivity (Wildman–Crippen MR) is 40.4 cm³/mol. The van der Waals surface area contributed by atoms with E-state index >= 15 is 0 Å². The Morgan fingerprint density at radius 3 is 2.62 bits per heavy atom. The van der Waals surface area contributed by atoms with E-state index in [4.69, 9.17) is 10.2 Å². The third kappa shape index (κ3) is 2.20. The van der Waals surface area contributed by atoms with Gasteiger partial charge in [-0.25, -0.2) is 28.3 Å². The second-order valence-corrected chi connectivity index (χ2v) is 3.58. The number of carboxylic acids is 1. The fraction of sp³-hybridized carbons (Fsp3) is 0. The number of primary sulfonamides is 1. The fourth-order valence-corrected chi connectivity index (χ4v) is 1.07. The summed E-state index contributed by atoms with van der Waals surface area (Å²) in [6.45, 7) is 0. The summed E-state index contributed by atoms with van der Waals surface area (Å²) < 4.78 is 21.4. The van der Waals surface area contributed by atoms with Crippen molar-refractivity contribution >= 4 is 16.0 Å². The molecule has 1 aromatic heterocycles. The molecular formula is C5H5N3O4S. The summed E-state index contributed by atoms with van der Waals surface area (Å²) in [6.07, 6.45) is 1.01. The standard InChI is InChI=1S/C5H5N3O4S/c6-13(11,12)3-1-2-7-4(8-3)5(9)10/h1-2H,(H,9,10)(H2,6,11,12). The Morgan fingerprint density at radius 2 is 2.15 bits per heavy atom. The molecule has 70 valence electrons. The van der Waals surface area contributed by atoms with Gasteiger partial charge in [0.15, 0.2) is 5.03 Å². The molecule has 0 saturated carbocycles. The van der Waals surface area contributed by atoms with E-state index in [0.29, 0.717) is 0 Å². The minimum atomic E-state index is -3.97. The zero-order chi connectivity index (χ0) is 10.1. The molecule has 0 fully saturated rings. The van der Waals surface area contributed by atoms with Crippen LogP contribution >= 0.6 is 0 Å². The van der Waals surface area contributed by atoms with Crippen LogP contribution in [-0.2, 0) is 10.0 Å². The van der Waals surface area contributed by atoms with Crippen LogP contribution in [0.4, 0.5) is 0 Å². The number of aromatic carboxylic acids is 1. The number of carboxylic acid groups (broad SMARTS) is 1. The molecule has 0 radical (unpaired) electrons. The Labute approximate surface area is 73.3 Å². The normalized spacial score (nSPS) is 11.2. The van der Waals surface area contributed by atoms with Crippen molar-refractivity contribution in [2.75, 3.05) is 0 Å². The first-order valence-electron chi connectivity index (χ1n) is 3.00. The zero-order valence-corrected chi connectivity index (χ0v) is 7.02. The minimum absolute atomic E-state index is 0.514. The maximum atomic E-state index is 10.7. The molecule has 13 heavy (non-hydrogen) atoms. The fourth-order valence-electron chi connectivity index (χ4n) is 0.604. The summed E-state index contributed by atoms with van der Waals surface area (Å²) in [5, 5.41) is 12.6. The van der Waals surface area contributed by atoms with Crippen LogP contribution in [0.3, 0.4) is 0 Å². The van der Waals surface area contributed by atoms with Crippen LogP contribution in [0.1, 0.15) is 10.6 Å². The van der Waals surface area contributed by atoms with Crippen molar-refractivity contribution in [3.8, 4) is 0 Å². The van der Waals surface area contributed by atoms with E-state index in [1.165, 1.54) is 0 Å². The van der Waals surface area contributed by atoms with Gasteiger partial charge < -0.3 is 5.11 Å². The van der Waals surface area contributed by atoms with E-state index in [1.54, 1.807) is 0 Å². The van der Waals surface area contributed by atoms with Gasteiger partial charge in [0.1, 0.15) is 0 Å². The van der Waals surface area contributed by atoms with Gasteiger partial charge in [-0.1, -0.05) is 0 Å². The van der Waals surface area contributed by atoms with Crippen LogP contribution in [0, 0.1) is 0 Å². The highest BCUT2D eigenvalue weighted by molar-refractivity contribution is 7.89. The summed E-state index contributed by atoms with van der Waals surface area (Å²) in [4.78, 5) is 16.9. The second-order valence-electron chi connectivity index (χ2n) is 2.07. The molecule has 0 atom stereocenters. The van der Waals surface area contributed by atoms with Gasteiger partial charge in [0, 0.05) is 6.20 Å². The molecule has 3 N–H and O–H groups in total. The Balaban J connectivity index is 3.29. The van der Waals surface area contributed by atoms with E-state index in [9.17, 15) is 13.2 Å². The van der Waals surface area contributed by atoms with Gasteiger partial charge in [0.05, 0.1) is 0 Å². The highest BCUT2D eigenvalue weighted by Crippen LogP contribution is 2.00. The molecule has 0 aliphatic rings. The lowest BCUT2D eigenvalue weighted by Gasteiger charge is -1.96. The molecule has 1 aromatic rings. The summed E-state index contributed by atoms with van der Waals surface area (Å²) in [7, 11) is -3.97. The lowest BCUT2D eigenvalue weighted by atomic mass is 10.6. The molecule has 0 bridgehead atoms. The van der Waals surface area contributed by atoms with Gasteiger partial charge in [-0.2, -0.15) is 0 Å². The van der Waals surface area contributed by atoms with Crippen LogP contribution in [0.5, 0.6) is 0 Å². The van der Waals surface area contributed by atoms with E-state index < -0.39 is 26.8 Å². The second kappa shape index (κ2) is 3.07. The molecular weight excluding hydrogens is 198 g/mol. The number of rotatable bonds is 2. The van der Waals surface area contributed by atoms with Crippen molar-refractivity contribution in [2.45, 2.75) is 5.03 Å². The van der Waals surface area contributed by atoms with Gasteiger partial charge in [-0.05, 0) is 6.07 Å². The largest absolute Gasteiger partial charge is 0.475 e. The third-order valence-corrected chi connectivity index (χ3v) is 1.92. The monoisotopic (exact) mass is 203 g/mol. The topological polar surface area (TPSA) is 123 Å². The number of sulfonamides is 1. The molecule has 8 heteroatoms. The van der Waals surface area contributed by atoms with Crippen molar-refractivity contribution in [1.29, 1.82) is 0 Å². The Kier molecular flexibility index (Phi) is 2.26. The van der Waals surface area contributed by atoms with E-state index in [-0.39, 0.29) is 0 Å². The summed E-state index contributed by atoms with van der Waals surface area (Å²) in [5.41, 5.74) is 0. The highest BCUT2D eigenvalue weighted by Gasteiger charge is 2.13. The van der Waals surface area contributed by atoms with E-state index in [1.807, 2.05) is 0 Å². The van der Waals surface area contributed by atoms with Crippen LogP contribution < -0.4 is 5.14 Å². The van der Waals surface area contributed by atoms with Crippen LogP contribution in [0.25, 0.3) is 0 Å². The van der Waals surface area contributed by atoms with Gasteiger partial charge in [-0.15, -0.1) is 0 Å². The van der Waals surface area contributed by atoms with Crippen LogP contribution in [0.2, 0.25) is 0 Å². The number of hydrogen-bond donors (Lipinski definition) is 2. The Morgan fingerprint density at radius 1 is 1.54 bits per heavy atom. The van der Waals surface area contributed by atoms with Crippen molar-refractivity contribution in [3.63, 3.8) is 0 Å². The number of aromatic nitrogens is 2. The lowest BCUT2D eigenvalue weighted by molar-refractivity contribution is 0.0682. The maximum Gasteiger partial charge on any atom is 0.373 e. The number of hydrogen-bond acceptors (Lipinski definition) is 5. The van der Waals surface area contributed by atoms with Crippen molar-refractivity contribution in [2.24, 2.45) is 5.14 Å². The lowest BCUT2D eigenvalue weighted by Crippen LogP contribution is -2.16. The smallest absolute Gasteiger partial charge is 0.373 e. The molecule has 1 rings (SSSR count). The molecule has 1 heterocycles. The number of carbonyl (C=O) groups is 1. The third-order valence-electron chi connectivity index (χ3n) is 1.11. The summed E-state index contributed by atoms with van der Waals surface area (Å²) in [5.74, 6) is -2.02. The number of nitrogens with zero attached hydrogens (tertiary/aromatic N) is 2. The minimum Gasteiger partial charge on any atom is -0.475 e. The molecule has 0 unspecified atom stereocenters. The van der Waals surface area contributed by atoms with Gasteiger partial charge >= 0.3 is 5.97 Å². The molecule has 0 aromatic carbocycles. The van der Waals surface area contributed by atoms with Gasteiger partial charge in [0.2, 0.25) is 5.82 Å². The molecule has 0 spiro atoms. The van der Waals surface area contributed by atoms with Gasteiger partial charge in [-0.3, -0.25) is 0 Å². The zero-order valence-electron chi connectivity index (χ0n) is 6.21. The summed E-state index contributed by atoms with van der Waals surface area (Å²) >= 11 is 0. The van der Waals surface area contributed by atoms with Crippen molar-refractivity contribution in [3.05, 3.63) is 18.1 Å².